The van der Waals surface area contributed by atoms with E-state index in [1.807, 2.05) is 12.1 Å². The molecule has 7 heterocycles. The van der Waals surface area contributed by atoms with Crippen molar-refractivity contribution in [2.24, 2.45) is 5.92 Å². The lowest BCUT2D eigenvalue weighted by Crippen LogP contribution is -2.69. The lowest BCUT2D eigenvalue weighted by atomic mass is 9.87. The average Bonchev–Trinajstić information content (AvgIpc) is 3.15. The number of nitrogens with one attached hydrogen (secondary N) is 3. The summed E-state index contributed by atoms with van der Waals surface area (Å²) in [6.45, 7) is 8.28. The Morgan fingerprint density at radius 2 is 1.75 bits per heavy atom. The van der Waals surface area contributed by atoms with Crippen LogP contribution in [0.25, 0.3) is 10.9 Å². The normalized spacial score (nSPS) is 24.9. The first-order chi connectivity index (χ1) is 25.3. The van der Waals surface area contributed by atoms with Gasteiger partial charge < -0.3 is 29.6 Å². The fourth-order valence-corrected chi connectivity index (χ4v) is 9.41. The molecule has 14 heteroatoms. The molecular formula is C38H48FN7O5S. The van der Waals surface area contributed by atoms with Gasteiger partial charge in [-0.1, -0.05) is 0 Å². The average molecular weight is 734 g/mol. The number of hydrogen-bond acceptors (Lipinski definition) is 11. The molecule has 278 valence electrons. The van der Waals surface area contributed by atoms with E-state index in [0.717, 1.165) is 83.9 Å². The van der Waals surface area contributed by atoms with Gasteiger partial charge >= 0.3 is 0 Å². The SMILES string of the molecule is O=C1CCC(Nc2ccc(N3CC4CC(C3)N4CCN3CCC(COc4cc(F)c5c(=O)[nH]c(CSC6CCOCC6)nc5c4)CC3)cc2)C(=O)N1. The van der Waals surface area contributed by atoms with Gasteiger partial charge in [-0.15, -0.1) is 0 Å². The number of rotatable bonds is 12. The minimum absolute atomic E-state index is 0.0187. The number of ether oxygens (including phenoxy) is 2. The largest absolute Gasteiger partial charge is 0.493 e. The number of nitrogens with zero attached hydrogens (tertiary/aromatic N) is 4. The summed E-state index contributed by atoms with van der Waals surface area (Å²) in [4.78, 5) is 51.3. The minimum Gasteiger partial charge on any atom is -0.493 e. The Hall–Kier alpha value is -3.72. The standard InChI is InChI=1S/C38H48FN7O5S/c39-31-18-29(19-33-36(31)38(49)42-34(41-33)23-52-30-9-15-50-16-10-30)51-22-24-7-11-44(12-8-24)13-14-46-27-17-28(46)21-45(20-27)26-3-1-25(2-4-26)40-32-5-6-35(47)43-37(32)48/h1-4,18-19,24,27-28,30,32,40H,5-17,20-23H2,(H,41,42,49)(H,43,47,48). The molecule has 52 heavy (non-hydrogen) atoms. The molecule has 12 nitrogen and oxygen atoms in total. The van der Waals surface area contributed by atoms with Crippen LogP contribution in [0.4, 0.5) is 15.8 Å². The van der Waals surface area contributed by atoms with Crippen LogP contribution in [0.5, 0.6) is 5.75 Å². The van der Waals surface area contributed by atoms with Gasteiger partial charge in [-0.3, -0.25) is 24.6 Å². The first kappa shape index (κ1) is 35.3. The Balaban J connectivity index is 0.761. The third-order valence-corrected chi connectivity index (χ3v) is 12.8. The zero-order chi connectivity index (χ0) is 35.6. The summed E-state index contributed by atoms with van der Waals surface area (Å²) in [5.74, 6) is 0.892. The van der Waals surface area contributed by atoms with Gasteiger partial charge in [-0.25, -0.2) is 9.37 Å². The van der Waals surface area contributed by atoms with Crippen LogP contribution in [-0.2, 0) is 20.1 Å². The Bertz CT molecular complexity index is 1800. The molecular weight excluding hydrogens is 686 g/mol. The highest BCUT2D eigenvalue weighted by atomic mass is 32.2. The third kappa shape index (κ3) is 8.09. The van der Waals surface area contributed by atoms with E-state index in [1.165, 1.54) is 18.2 Å². The fourth-order valence-electron chi connectivity index (χ4n) is 8.35. The summed E-state index contributed by atoms with van der Waals surface area (Å²) in [6, 6.07) is 12.1. The van der Waals surface area contributed by atoms with E-state index in [-0.39, 0.29) is 23.2 Å². The van der Waals surface area contributed by atoms with Gasteiger partial charge in [0.1, 0.15) is 28.8 Å². The molecule has 3 atom stereocenters. The van der Waals surface area contributed by atoms with Gasteiger partial charge in [0.15, 0.2) is 0 Å². The van der Waals surface area contributed by atoms with E-state index in [4.69, 9.17) is 9.47 Å². The highest BCUT2D eigenvalue weighted by Gasteiger charge is 2.44. The number of piperidine rings is 3. The lowest BCUT2D eigenvalue weighted by Gasteiger charge is -2.57. The van der Waals surface area contributed by atoms with Crippen molar-refractivity contribution in [2.75, 3.05) is 69.3 Å². The quantitative estimate of drug-likeness (QED) is 0.235. The van der Waals surface area contributed by atoms with Crippen LogP contribution < -0.4 is 25.8 Å². The van der Waals surface area contributed by atoms with E-state index in [2.05, 4.69) is 47.4 Å². The number of likely N-dealkylation sites (tertiary alicyclic amines) is 1. The highest BCUT2D eigenvalue weighted by Crippen LogP contribution is 2.35. The number of hydrogen-bond donors (Lipinski definition) is 3. The van der Waals surface area contributed by atoms with Crippen molar-refractivity contribution < 1.29 is 23.5 Å². The van der Waals surface area contributed by atoms with Gasteiger partial charge in [0.05, 0.1) is 17.9 Å². The zero-order valence-corrected chi connectivity index (χ0v) is 30.3. The minimum atomic E-state index is -0.601. The van der Waals surface area contributed by atoms with Crippen molar-refractivity contribution in [1.29, 1.82) is 0 Å². The number of aromatic nitrogens is 2. The van der Waals surface area contributed by atoms with Gasteiger partial charge in [0, 0.05) is 86.7 Å². The van der Waals surface area contributed by atoms with Crippen molar-refractivity contribution in [3.8, 4) is 5.75 Å². The fraction of sp³-hybridized carbons (Fsp3) is 0.579. The van der Waals surface area contributed by atoms with Gasteiger partial charge in [0.2, 0.25) is 11.8 Å². The van der Waals surface area contributed by atoms with Crippen molar-refractivity contribution >= 4 is 45.9 Å². The molecule has 0 spiro atoms. The lowest BCUT2D eigenvalue weighted by molar-refractivity contribution is -0.133. The molecule has 6 aliphatic rings. The number of aromatic amines is 1. The van der Waals surface area contributed by atoms with Gasteiger partial charge in [0.25, 0.3) is 5.56 Å². The van der Waals surface area contributed by atoms with Crippen LogP contribution in [-0.4, -0.2) is 114 Å². The molecule has 3 unspecified atom stereocenters. The van der Waals surface area contributed by atoms with Gasteiger partial charge in [-0.2, -0.15) is 11.8 Å². The van der Waals surface area contributed by atoms with Gasteiger partial charge in [-0.05, 0) is 81.8 Å². The molecule has 2 amide bonds. The predicted octanol–water partition coefficient (Wildman–Crippen LogP) is 3.75. The second-order valence-electron chi connectivity index (χ2n) is 14.9. The first-order valence-electron chi connectivity index (χ1n) is 18.8. The number of piperazine rings is 1. The van der Waals surface area contributed by atoms with E-state index in [1.54, 1.807) is 17.8 Å². The maximum absolute atomic E-state index is 15.0. The first-order valence-corrected chi connectivity index (χ1v) is 19.9. The monoisotopic (exact) mass is 733 g/mol. The van der Waals surface area contributed by atoms with Crippen molar-refractivity contribution in [2.45, 2.75) is 74.1 Å². The van der Waals surface area contributed by atoms with Crippen molar-refractivity contribution in [1.82, 2.24) is 25.1 Å². The number of halogens is 1. The topological polar surface area (TPSA) is 132 Å². The molecule has 1 aromatic heterocycles. The third-order valence-electron chi connectivity index (χ3n) is 11.4. The highest BCUT2D eigenvalue weighted by molar-refractivity contribution is 7.99. The number of anilines is 2. The number of carbonyl (C=O) groups is 2. The molecule has 3 aromatic rings. The Kier molecular flexibility index (Phi) is 10.7. The van der Waals surface area contributed by atoms with Crippen molar-refractivity contribution in [3.63, 3.8) is 0 Å². The number of amides is 2. The maximum Gasteiger partial charge on any atom is 0.261 e. The van der Waals surface area contributed by atoms with E-state index in [9.17, 15) is 14.4 Å². The summed E-state index contributed by atoms with van der Waals surface area (Å²) in [5, 5.41) is 6.12. The number of imide groups is 1. The number of carbonyl (C=O) groups excluding carboxylic acids is 2. The molecule has 9 rings (SSSR count). The van der Waals surface area contributed by atoms with E-state index >= 15 is 4.39 Å². The molecule has 6 saturated heterocycles. The Morgan fingerprint density at radius 3 is 2.50 bits per heavy atom. The molecule has 6 aliphatic heterocycles. The second kappa shape index (κ2) is 15.7. The maximum atomic E-state index is 15.0. The van der Waals surface area contributed by atoms with Crippen LogP contribution in [0.3, 0.4) is 0 Å². The zero-order valence-electron chi connectivity index (χ0n) is 29.5. The molecule has 0 saturated carbocycles. The summed E-state index contributed by atoms with van der Waals surface area (Å²) in [7, 11) is 0. The van der Waals surface area contributed by atoms with Crippen LogP contribution in [0.15, 0.2) is 41.2 Å². The van der Waals surface area contributed by atoms with Crippen LogP contribution in [0, 0.1) is 11.7 Å². The smallest absolute Gasteiger partial charge is 0.261 e. The Labute approximate surface area is 307 Å². The summed E-state index contributed by atoms with van der Waals surface area (Å²) in [6.07, 6.45) is 6.18. The summed E-state index contributed by atoms with van der Waals surface area (Å²) >= 11 is 1.76. The second-order valence-corrected chi connectivity index (χ2v) is 16.2. The van der Waals surface area contributed by atoms with Crippen molar-refractivity contribution in [3.05, 3.63) is 58.4 Å². The van der Waals surface area contributed by atoms with E-state index in [0.29, 0.717) is 65.5 Å². The van der Waals surface area contributed by atoms with Crippen LogP contribution >= 0.6 is 11.8 Å². The molecule has 6 fully saturated rings. The molecule has 0 aliphatic carbocycles. The number of H-pyrrole nitrogens is 1. The number of benzene rings is 2. The number of thioether (sulfide) groups is 1. The number of fused-ring (bicyclic) bond motifs is 3. The summed E-state index contributed by atoms with van der Waals surface area (Å²) in [5.41, 5.74) is 1.98. The Morgan fingerprint density at radius 1 is 0.981 bits per heavy atom. The van der Waals surface area contributed by atoms with Crippen LogP contribution in [0.1, 0.15) is 50.8 Å². The van der Waals surface area contributed by atoms with E-state index < -0.39 is 11.4 Å². The summed E-state index contributed by atoms with van der Waals surface area (Å²) < 4.78 is 26.6. The predicted molar refractivity (Wildman–Crippen MR) is 199 cm³/mol. The molecule has 2 bridgehead atoms. The van der Waals surface area contributed by atoms with Crippen LogP contribution in [0.2, 0.25) is 0 Å². The molecule has 3 N–H and O–H groups in total. The molecule has 2 aromatic carbocycles. The molecule has 0 radical (unpaired) electrons.